The highest BCUT2D eigenvalue weighted by Gasteiger charge is 2.58. The van der Waals surface area contributed by atoms with Gasteiger partial charge in [-0.05, 0) is 26.0 Å². The highest BCUT2D eigenvalue weighted by molar-refractivity contribution is 5.89. The van der Waals surface area contributed by atoms with Crippen LogP contribution in [-0.2, 0) is 23.7 Å². The molecule has 0 unspecified atom stereocenters. The van der Waals surface area contributed by atoms with Gasteiger partial charge in [-0.2, -0.15) is 0 Å². The number of methoxy groups -OCH3 is 1. The van der Waals surface area contributed by atoms with E-state index in [1.165, 1.54) is 7.11 Å². The number of ether oxygens (including phenoxy) is 5. The van der Waals surface area contributed by atoms with E-state index >= 15 is 0 Å². The molecule has 7 heteroatoms. The van der Waals surface area contributed by atoms with Crippen LogP contribution >= 0.6 is 0 Å². The maximum Gasteiger partial charge on any atom is 0.340 e. The Balaban J connectivity index is 1.77. The average molecular weight is 338 g/mol. The van der Waals surface area contributed by atoms with Crippen molar-refractivity contribution in [3.05, 3.63) is 35.9 Å². The number of fused-ring (bicyclic) bond motifs is 1. The van der Waals surface area contributed by atoms with Gasteiger partial charge in [0.05, 0.1) is 12.2 Å². The molecule has 0 amide bonds. The Morgan fingerprint density at radius 1 is 1.25 bits per heavy atom. The fourth-order valence-electron chi connectivity index (χ4n) is 3.05. The molecule has 2 heterocycles. The number of aliphatic hydroxyl groups is 1. The lowest BCUT2D eigenvalue weighted by molar-refractivity contribution is -0.233. The van der Waals surface area contributed by atoms with Crippen molar-refractivity contribution in [3.8, 4) is 0 Å². The summed E-state index contributed by atoms with van der Waals surface area (Å²) < 4.78 is 28.2. The molecule has 0 radical (unpaired) electrons. The van der Waals surface area contributed by atoms with Gasteiger partial charge in [0.2, 0.25) is 6.29 Å². The van der Waals surface area contributed by atoms with Crippen LogP contribution in [-0.4, -0.2) is 61.3 Å². The number of carbonyl (C=O) groups excluding carboxylic acids is 1. The zero-order chi connectivity index (χ0) is 17.3. The largest absolute Gasteiger partial charge is 0.429 e. The van der Waals surface area contributed by atoms with Crippen LogP contribution in [0.4, 0.5) is 0 Å². The molecule has 132 valence electrons. The summed E-state index contributed by atoms with van der Waals surface area (Å²) >= 11 is 0. The van der Waals surface area contributed by atoms with E-state index in [1.54, 1.807) is 38.1 Å². The van der Waals surface area contributed by atoms with Gasteiger partial charge in [0.25, 0.3) is 0 Å². The SMILES string of the molecule is CO[C@H](CO)[C@H]1O[C@H](OC(=O)c2ccccc2)[C@H]2OC(C)(C)O[C@H]21. The van der Waals surface area contributed by atoms with E-state index in [0.717, 1.165) is 0 Å². The maximum absolute atomic E-state index is 12.3. The second-order valence-corrected chi connectivity index (χ2v) is 6.26. The van der Waals surface area contributed by atoms with Gasteiger partial charge in [-0.3, -0.25) is 0 Å². The van der Waals surface area contributed by atoms with Gasteiger partial charge in [0.1, 0.15) is 18.3 Å². The topological polar surface area (TPSA) is 83.5 Å². The maximum atomic E-state index is 12.3. The molecule has 0 aliphatic carbocycles. The Labute approximate surface area is 140 Å². The highest BCUT2D eigenvalue weighted by atomic mass is 16.8. The van der Waals surface area contributed by atoms with Gasteiger partial charge < -0.3 is 28.8 Å². The molecule has 2 saturated heterocycles. The number of carbonyl (C=O) groups is 1. The molecule has 0 bridgehead atoms. The zero-order valence-corrected chi connectivity index (χ0v) is 13.9. The van der Waals surface area contributed by atoms with Crippen LogP contribution in [0.2, 0.25) is 0 Å². The predicted molar refractivity (Wildman–Crippen MR) is 82.2 cm³/mol. The molecule has 5 atom stereocenters. The first-order valence-corrected chi connectivity index (χ1v) is 7.86. The minimum atomic E-state index is -0.932. The molecule has 2 fully saturated rings. The number of aliphatic hydroxyl groups excluding tert-OH is 1. The van der Waals surface area contributed by atoms with Crippen LogP contribution in [0.15, 0.2) is 30.3 Å². The van der Waals surface area contributed by atoms with E-state index in [1.807, 2.05) is 6.07 Å². The molecular weight excluding hydrogens is 316 g/mol. The van der Waals surface area contributed by atoms with Crippen molar-refractivity contribution in [2.45, 2.75) is 50.3 Å². The minimum Gasteiger partial charge on any atom is -0.429 e. The van der Waals surface area contributed by atoms with E-state index in [9.17, 15) is 9.90 Å². The molecule has 2 aliphatic heterocycles. The molecule has 2 aliphatic rings. The normalized spacial score (nSPS) is 32.3. The van der Waals surface area contributed by atoms with Crippen LogP contribution in [0.3, 0.4) is 0 Å². The third-order valence-electron chi connectivity index (χ3n) is 4.13. The van der Waals surface area contributed by atoms with E-state index in [2.05, 4.69) is 0 Å². The predicted octanol–water partition coefficient (Wildman–Crippen LogP) is 1.10. The number of esters is 1. The second-order valence-electron chi connectivity index (χ2n) is 6.26. The summed E-state index contributed by atoms with van der Waals surface area (Å²) in [7, 11) is 1.48. The Morgan fingerprint density at radius 2 is 1.92 bits per heavy atom. The summed E-state index contributed by atoms with van der Waals surface area (Å²) in [4.78, 5) is 12.3. The summed E-state index contributed by atoms with van der Waals surface area (Å²) in [6.45, 7) is 3.31. The van der Waals surface area contributed by atoms with Gasteiger partial charge in [-0.25, -0.2) is 4.79 Å². The first-order valence-electron chi connectivity index (χ1n) is 7.86. The van der Waals surface area contributed by atoms with Gasteiger partial charge >= 0.3 is 5.97 Å². The van der Waals surface area contributed by atoms with Gasteiger partial charge in [-0.1, -0.05) is 18.2 Å². The molecule has 24 heavy (non-hydrogen) atoms. The van der Waals surface area contributed by atoms with E-state index in [4.69, 9.17) is 23.7 Å². The van der Waals surface area contributed by atoms with Crippen molar-refractivity contribution in [2.75, 3.05) is 13.7 Å². The quantitative estimate of drug-likeness (QED) is 0.805. The van der Waals surface area contributed by atoms with Crippen LogP contribution in [0.5, 0.6) is 0 Å². The van der Waals surface area contributed by atoms with E-state index < -0.39 is 42.5 Å². The van der Waals surface area contributed by atoms with Crippen LogP contribution < -0.4 is 0 Å². The smallest absolute Gasteiger partial charge is 0.340 e. The standard InChI is InChI=1S/C17H22O7/c1-17(2)23-13-12(11(9-18)20-3)21-16(14(13)24-17)22-15(19)10-7-5-4-6-8-10/h4-8,11-14,16,18H,9H2,1-3H3/t11-,12-,13+,14+,16-/m1/s1. The Bertz CT molecular complexity index is 570. The highest BCUT2D eigenvalue weighted by Crippen LogP contribution is 2.40. The lowest BCUT2D eigenvalue weighted by Crippen LogP contribution is -2.41. The number of hydrogen-bond donors (Lipinski definition) is 1. The minimum absolute atomic E-state index is 0.243. The van der Waals surface area contributed by atoms with Gasteiger partial charge in [-0.15, -0.1) is 0 Å². The summed E-state index contributed by atoms with van der Waals surface area (Å²) in [5, 5.41) is 9.47. The first kappa shape index (κ1) is 17.3. The van der Waals surface area contributed by atoms with Crippen LogP contribution in [0.25, 0.3) is 0 Å². The molecule has 1 aromatic rings. The van der Waals surface area contributed by atoms with Crippen molar-refractivity contribution < 1.29 is 33.6 Å². The van der Waals surface area contributed by atoms with Crippen molar-refractivity contribution in [1.82, 2.24) is 0 Å². The second kappa shape index (κ2) is 6.78. The molecular formula is C17H22O7. The Hall–Kier alpha value is -1.51. The summed E-state index contributed by atoms with van der Waals surface area (Å²) in [6.07, 6.45) is -3.21. The lowest BCUT2D eigenvalue weighted by Gasteiger charge is -2.27. The monoisotopic (exact) mass is 338 g/mol. The molecule has 3 rings (SSSR count). The lowest BCUT2D eigenvalue weighted by atomic mass is 10.1. The Kier molecular flexibility index (Phi) is 4.89. The van der Waals surface area contributed by atoms with Crippen LogP contribution in [0, 0.1) is 0 Å². The zero-order valence-electron chi connectivity index (χ0n) is 13.9. The molecule has 1 N–H and O–H groups in total. The summed E-state index contributed by atoms with van der Waals surface area (Å²) in [5.74, 6) is -1.34. The van der Waals surface area contributed by atoms with E-state index in [-0.39, 0.29) is 6.61 Å². The third-order valence-corrected chi connectivity index (χ3v) is 4.13. The molecule has 7 nitrogen and oxygen atoms in total. The Morgan fingerprint density at radius 3 is 2.54 bits per heavy atom. The fraction of sp³-hybridized carbons (Fsp3) is 0.588. The van der Waals surface area contributed by atoms with Gasteiger partial charge in [0.15, 0.2) is 11.9 Å². The van der Waals surface area contributed by atoms with E-state index in [0.29, 0.717) is 5.56 Å². The van der Waals surface area contributed by atoms with Crippen molar-refractivity contribution >= 4 is 5.97 Å². The average Bonchev–Trinajstić information content (AvgIpc) is 3.04. The van der Waals surface area contributed by atoms with Crippen molar-refractivity contribution in [1.29, 1.82) is 0 Å². The summed E-state index contributed by atoms with van der Waals surface area (Å²) in [5.41, 5.74) is 0.421. The van der Waals surface area contributed by atoms with Crippen LogP contribution in [0.1, 0.15) is 24.2 Å². The molecule has 0 saturated carbocycles. The first-order chi connectivity index (χ1) is 11.4. The van der Waals surface area contributed by atoms with Crippen molar-refractivity contribution in [2.24, 2.45) is 0 Å². The number of benzene rings is 1. The fourth-order valence-corrected chi connectivity index (χ4v) is 3.05. The molecule has 1 aromatic carbocycles. The number of rotatable bonds is 5. The molecule has 0 spiro atoms. The van der Waals surface area contributed by atoms with Gasteiger partial charge in [0, 0.05) is 7.11 Å². The third kappa shape index (κ3) is 3.31. The summed E-state index contributed by atoms with van der Waals surface area (Å²) in [6, 6.07) is 8.64. The van der Waals surface area contributed by atoms with Crippen molar-refractivity contribution in [3.63, 3.8) is 0 Å². The number of hydrogen-bond acceptors (Lipinski definition) is 7. The molecule has 0 aromatic heterocycles.